The minimum absolute atomic E-state index is 0.0108. The average Bonchev–Trinajstić information content (AvgIpc) is 3.56. The lowest BCUT2D eigenvalue weighted by atomic mass is 9.78. The number of nitrogens with zero attached hydrogens (tertiary/aromatic N) is 4. The molecule has 1 atom stereocenters. The van der Waals surface area contributed by atoms with E-state index >= 15 is 0 Å². The Kier molecular flexibility index (Phi) is 9.70. The molecule has 0 saturated carbocycles. The molecule has 0 bridgehead atoms. The molecular formula is C35H47N5O7S. The molecule has 48 heavy (non-hydrogen) atoms. The second kappa shape index (κ2) is 13.2. The van der Waals surface area contributed by atoms with Gasteiger partial charge in [-0.1, -0.05) is 39.0 Å². The van der Waals surface area contributed by atoms with Gasteiger partial charge in [-0.2, -0.15) is 0 Å². The maximum atomic E-state index is 13.2. The Morgan fingerprint density at radius 2 is 1.71 bits per heavy atom. The summed E-state index contributed by atoms with van der Waals surface area (Å²) in [5, 5.41) is 11.3. The SMILES string of the molecule is COc1c(C(N)=O)cc(C(C)(C)C)c(-c2c(C(=O)O)n(C)c3c(CN4CCN(C(=O)C5CCCN5C)CC4)cccc23)c1CS(C)(=O)=O. The van der Waals surface area contributed by atoms with Gasteiger partial charge in [0.25, 0.3) is 5.91 Å². The molecule has 13 heteroatoms. The number of rotatable bonds is 9. The fourth-order valence-electron chi connectivity index (χ4n) is 7.44. The molecule has 2 saturated heterocycles. The lowest BCUT2D eigenvalue weighted by molar-refractivity contribution is -0.137. The summed E-state index contributed by atoms with van der Waals surface area (Å²) in [6.45, 7) is 9.82. The second-order valence-corrected chi connectivity index (χ2v) is 16.3. The number of carbonyl (C=O) groups is 3. The van der Waals surface area contributed by atoms with E-state index < -0.39 is 32.9 Å². The van der Waals surface area contributed by atoms with Gasteiger partial charge in [0, 0.05) is 62.5 Å². The zero-order valence-corrected chi connectivity index (χ0v) is 29.7. The highest BCUT2D eigenvalue weighted by Gasteiger charge is 2.36. The van der Waals surface area contributed by atoms with Gasteiger partial charge in [-0.25, -0.2) is 13.2 Å². The number of ether oxygens (including phenoxy) is 1. The van der Waals surface area contributed by atoms with Gasteiger partial charge in [0.2, 0.25) is 5.91 Å². The number of aryl methyl sites for hydroxylation is 1. The van der Waals surface area contributed by atoms with Crippen molar-refractivity contribution < 1.29 is 32.6 Å². The van der Waals surface area contributed by atoms with Crippen LogP contribution in [0.25, 0.3) is 22.0 Å². The van der Waals surface area contributed by atoms with Crippen molar-refractivity contribution in [3.63, 3.8) is 0 Å². The number of hydrogen-bond donors (Lipinski definition) is 2. The zero-order chi connectivity index (χ0) is 35.3. The topological polar surface area (TPSA) is 155 Å². The first-order valence-electron chi connectivity index (χ1n) is 16.2. The van der Waals surface area contributed by atoms with E-state index in [1.54, 1.807) is 17.7 Å². The number of hydrogen-bond acceptors (Lipinski definition) is 8. The number of aromatic carboxylic acids is 1. The van der Waals surface area contributed by atoms with E-state index in [0.29, 0.717) is 60.3 Å². The minimum atomic E-state index is -3.69. The minimum Gasteiger partial charge on any atom is -0.496 e. The number of methoxy groups -OCH3 is 1. The number of carboxylic acid groups (broad SMARTS) is 1. The van der Waals surface area contributed by atoms with Crippen molar-refractivity contribution in [2.45, 2.75) is 57.4 Å². The molecule has 5 rings (SSSR count). The van der Waals surface area contributed by atoms with Crippen LogP contribution in [-0.4, -0.2) is 110 Å². The first-order chi connectivity index (χ1) is 22.4. The number of sulfone groups is 1. The van der Waals surface area contributed by atoms with Crippen LogP contribution < -0.4 is 10.5 Å². The number of fused-ring (bicyclic) bond motifs is 1. The van der Waals surface area contributed by atoms with E-state index in [2.05, 4.69) is 9.80 Å². The standard InChI is InChI=1S/C35H47N5O7S/c1-35(2,3)25-18-23(32(36)41)31(47-6)24(20-48(7,45)46)27(25)28-22-11-8-10-21(29(22)38(5)30(28)34(43)44)19-39-14-16-40(17-15-39)33(42)26-12-9-13-37(26)4/h8,10-11,18,26H,9,12-17,19-20H2,1-7H3,(H2,36,41)(H,43,44). The summed E-state index contributed by atoms with van der Waals surface area (Å²) in [5.74, 6) is -2.26. The zero-order valence-electron chi connectivity index (χ0n) is 28.9. The Balaban J connectivity index is 1.66. The summed E-state index contributed by atoms with van der Waals surface area (Å²) in [6.07, 6.45) is 3.00. The van der Waals surface area contributed by atoms with Crippen molar-refractivity contribution in [1.82, 2.24) is 19.3 Å². The Bertz CT molecular complexity index is 1890. The van der Waals surface area contributed by atoms with E-state index in [9.17, 15) is 27.9 Å². The van der Waals surface area contributed by atoms with Crippen LogP contribution in [0.2, 0.25) is 0 Å². The third kappa shape index (κ3) is 6.68. The van der Waals surface area contributed by atoms with E-state index in [1.165, 1.54) is 7.11 Å². The monoisotopic (exact) mass is 681 g/mol. The molecule has 2 fully saturated rings. The van der Waals surface area contributed by atoms with Crippen LogP contribution in [0, 0.1) is 0 Å². The molecule has 0 spiro atoms. The number of likely N-dealkylation sites (N-methyl/N-ethyl adjacent to an activating group) is 1. The van der Waals surface area contributed by atoms with Crippen molar-refractivity contribution >= 4 is 38.5 Å². The van der Waals surface area contributed by atoms with Crippen molar-refractivity contribution in [2.24, 2.45) is 12.8 Å². The number of benzene rings is 2. The first-order valence-corrected chi connectivity index (χ1v) is 18.3. The Morgan fingerprint density at radius 3 is 2.23 bits per heavy atom. The van der Waals surface area contributed by atoms with Crippen LogP contribution in [0.5, 0.6) is 5.75 Å². The first kappa shape index (κ1) is 35.4. The third-order valence-electron chi connectivity index (χ3n) is 9.70. The molecule has 3 N–H and O–H groups in total. The van der Waals surface area contributed by atoms with Gasteiger partial charge >= 0.3 is 5.97 Å². The third-order valence-corrected chi connectivity index (χ3v) is 10.5. The second-order valence-electron chi connectivity index (χ2n) is 14.2. The van der Waals surface area contributed by atoms with Crippen molar-refractivity contribution in [3.05, 3.63) is 52.2 Å². The Morgan fingerprint density at radius 1 is 1.04 bits per heavy atom. The van der Waals surface area contributed by atoms with Crippen LogP contribution in [0.1, 0.15) is 71.1 Å². The van der Waals surface area contributed by atoms with Gasteiger partial charge in [-0.05, 0) is 54.6 Å². The van der Waals surface area contributed by atoms with Gasteiger partial charge in [0.05, 0.1) is 30.0 Å². The predicted octanol–water partition coefficient (Wildman–Crippen LogP) is 3.23. The summed E-state index contributed by atoms with van der Waals surface area (Å²) in [6, 6.07) is 7.25. The lowest BCUT2D eigenvalue weighted by Crippen LogP contribution is -2.52. The van der Waals surface area contributed by atoms with Crippen LogP contribution in [-0.2, 0) is 39.4 Å². The normalized spacial score (nSPS) is 18.1. The molecule has 2 aromatic carbocycles. The largest absolute Gasteiger partial charge is 0.496 e. The molecule has 3 aromatic rings. The Hall–Kier alpha value is -3.94. The molecule has 0 aliphatic carbocycles. The number of aromatic nitrogens is 1. The molecule has 3 heterocycles. The molecule has 2 aliphatic heterocycles. The maximum absolute atomic E-state index is 13.2. The van der Waals surface area contributed by atoms with Crippen LogP contribution >= 0.6 is 0 Å². The van der Waals surface area contributed by atoms with Gasteiger partial charge in [-0.3, -0.25) is 19.4 Å². The van der Waals surface area contributed by atoms with Crippen LogP contribution in [0.15, 0.2) is 24.3 Å². The van der Waals surface area contributed by atoms with E-state index in [1.807, 2.05) is 50.9 Å². The van der Waals surface area contributed by atoms with Crippen LogP contribution in [0.3, 0.4) is 0 Å². The van der Waals surface area contributed by atoms with E-state index in [0.717, 1.165) is 31.2 Å². The number of likely N-dealkylation sites (tertiary alicyclic amines) is 1. The molecular weight excluding hydrogens is 634 g/mol. The van der Waals surface area contributed by atoms with Gasteiger partial charge < -0.3 is 25.0 Å². The molecule has 1 aromatic heterocycles. The quantitative estimate of drug-likeness (QED) is 0.346. The molecule has 2 amide bonds. The summed E-state index contributed by atoms with van der Waals surface area (Å²) < 4.78 is 33.1. The van der Waals surface area contributed by atoms with Crippen molar-refractivity contribution in [1.29, 1.82) is 0 Å². The van der Waals surface area contributed by atoms with Gasteiger partial charge in [0.1, 0.15) is 11.4 Å². The average molecular weight is 682 g/mol. The maximum Gasteiger partial charge on any atom is 0.353 e. The molecule has 0 radical (unpaired) electrons. The molecule has 12 nitrogen and oxygen atoms in total. The molecule has 1 unspecified atom stereocenters. The summed E-state index contributed by atoms with van der Waals surface area (Å²) >= 11 is 0. The van der Waals surface area contributed by atoms with Crippen LogP contribution in [0.4, 0.5) is 0 Å². The summed E-state index contributed by atoms with van der Waals surface area (Å²) in [4.78, 5) is 45.3. The summed E-state index contributed by atoms with van der Waals surface area (Å²) in [7, 11) is 1.35. The number of nitrogens with two attached hydrogens (primary N) is 1. The number of carbonyl (C=O) groups excluding carboxylic acids is 2. The number of para-hydroxylation sites is 1. The predicted molar refractivity (Wildman–Crippen MR) is 185 cm³/mol. The fourth-order valence-corrected chi connectivity index (χ4v) is 8.24. The van der Waals surface area contributed by atoms with Gasteiger partial charge in [0.15, 0.2) is 9.84 Å². The molecule has 260 valence electrons. The Labute approximate surface area is 282 Å². The van der Waals surface area contributed by atoms with Crippen molar-refractivity contribution in [3.8, 4) is 16.9 Å². The summed E-state index contributed by atoms with van der Waals surface area (Å²) in [5.41, 5.74) is 8.27. The fraction of sp³-hybridized carbons (Fsp3) is 0.514. The highest BCUT2D eigenvalue weighted by molar-refractivity contribution is 7.89. The number of piperazine rings is 1. The number of primary amides is 1. The van der Waals surface area contributed by atoms with E-state index in [4.69, 9.17) is 10.5 Å². The highest BCUT2D eigenvalue weighted by Crippen LogP contribution is 2.47. The van der Waals surface area contributed by atoms with Gasteiger partial charge in [-0.15, -0.1) is 0 Å². The number of carboxylic acids is 1. The number of amides is 2. The molecule has 2 aliphatic rings. The van der Waals surface area contributed by atoms with Crippen molar-refractivity contribution in [2.75, 3.05) is 53.1 Å². The van der Waals surface area contributed by atoms with E-state index in [-0.39, 0.29) is 34.5 Å². The smallest absolute Gasteiger partial charge is 0.353 e. The highest BCUT2D eigenvalue weighted by atomic mass is 32.2. The lowest BCUT2D eigenvalue weighted by Gasteiger charge is -2.37.